The van der Waals surface area contributed by atoms with E-state index in [-0.39, 0.29) is 38.8 Å². The Labute approximate surface area is 344 Å². The monoisotopic (exact) mass is 899 g/mol. The Bertz CT molecular complexity index is 1990. The van der Waals surface area contributed by atoms with Gasteiger partial charge < -0.3 is 26.2 Å². The molecule has 23 heteroatoms. The van der Waals surface area contributed by atoms with Crippen molar-refractivity contribution < 1.29 is 47.0 Å². The molecule has 0 aliphatic rings. The van der Waals surface area contributed by atoms with Gasteiger partial charge >= 0.3 is 23.1 Å². The number of halogens is 6. The lowest BCUT2D eigenvalue weighted by Gasteiger charge is -2.12. The molecular formula is C34H40Cl3F3N7O8PS. The average molecular weight is 901 g/mol. The van der Waals surface area contributed by atoms with Crippen LogP contribution in [0, 0.1) is 10.1 Å². The van der Waals surface area contributed by atoms with E-state index in [0.29, 0.717) is 23.6 Å². The van der Waals surface area contributed by atoms with Crippen LogP contribution in [-0.4, -0.2) is 70.8 Å². The molecule has 15 nitrogen and oxygen atoms in total. The van der Waals surface area contributed by atoms with E-state index in [0.717, 1.165) is 35.0 Å². The SMILES string of the molecule is CCCCCCCCSC(=O)Oc1cc(Cl)nnc1-c1ccccc1.CP(=O)(O)CCC(N)C(=O)O.Nc1c([N+](=O)[O-])cnn1-c1c(Cl)cc(C(F)(F)F)cc1Cl. The number of aliphatic carboxylic acids is 1. The van der Waals surface area contributed by atoms with Crippen LogP contribution in [0.5, 0.6) is 5.75 Å². The smallest absolute Gasteiger partial charge is 0.416 e. The standard InChI is InChI=1S/C19H23ClN2O2S.C10H5Cl2F3N4O2.C5H12NO4P/c1-2-3-4-5-6-10-13-25-19(23)24-16-14-17(20)21-22-18(16)15-11-8-7-9-12-15;11-5-1-4(10(13,14)15)2-6(12)8(5)18-9(16)7(3-17-18)19(20)21;1-11(9,10)3-2-4(6)5(7)8/h7-9,11-12,14H,2-6,10,13H2,1H3;1-3H,16H2;4H,2-3,6H2,1H3,(H,7,8)(H,9,10). The van der Waals surface area contributed by atoms with Crippen LogP contribution in [0.1, 0.15) is 57.4 Å². The number of rotatable bonds is 15. The normalized spacial score (nSPS) is 12.6. The van der Waals surface area contributed by atoms with Gasteiger partial charge in [0.25, 0.3) is 0 Å². The molecule has 0 spiro atoms. The van der Waals surface area contributed by atoms with Crippen LogP contribution in [0.3, 0.4) is 0 Å². The van der Waals surface area contributed by atoms with Crippen molar-refractivity contribution >= 4 is 76.7 Å². The van der Waals surface area contributed by atoms with E-state index in [1.165, 1.54) is 50.2 Å². The highest BCUT2D eigenvalue weighted by Crippen LogP contribution is 2.39. The molecule has 312 valence electrons. The summed E-state index contributed by atoms with van der Waals surface area (Å²) in [5.74, 6) is -0.439. The number of alkyl halides is 3. The van der Waals surface area contributed by atoms with Gasteiger partial charge in [-0.15, -0.1) is 10.2 Å². The van der Waals surface area contributed by atoms with Gasteiger partial charge in [-0.2, -0.15) is 18.3 Å². The summed E-state index contributed by atoms with van der Waals surface area (Å²) < 4.78 is 54.8. The summed E-state index contributed by atoms with van der Waals surface area (Å²) in [5.41, 5.74) is 10.2. The second-order valence-electron chi connectivity index (χ2n) is 12.1. The van der Waals surface area contributed by atoms with Gasteiger partial charge in [0.05, 0.1) is 20.5 Å². The van der Waals surface area contributed by atoms with E-state index in [2.05, 4.69) is 22.2 Å². The van der Waals surface area contributed by atoms with E-state index >= 15 is 0 Å². The minimum absolute atomic E-state index is 0.0412. The fraction of sp³-hybridized carbons (Fsp3) is 0.382. The molecule has 0 saturated carbocycles. The molecule has 0 aliphatic heterocycles. The lowest BCUT2D eigenvalue weighted by Crippen LogP contribution is -2.30. The Hall–Kier alpha value is -3.97. The summed E-state index contributed by atoms with van der Waals surface area (Å²) in [6.45, 7) is 3.39. The maximum atomic E-state index is 12.6. The number of hydrogen-bond donors (Lipinski definition) is 4. The van der Waals surface area contributed by atoms with Gasteiger partial charge in [0.1, 0.15) is 23.6 Å². The third-order valence-electron chi connectivity index (χ3n) is 7.40. The summed E-state index contributed by atoms with van der Waals surface area (Å²) in [7, 11) is -3.10. The number of ether oxygens (including phenoxy) is 1. The fourth-order valence-electron chi connectivity index (χ4n) is 4.49. The number of anilines is 1. The van der Waals surface area contributed by atoms with Gasteiger partial charge in [-0.25, -0.2) is 9.48 Å². The molecule has 2 aromatic carbocycles. The number of nitro groups is 1. The Morgan fingerprint density at radius 1 is 1.05 bits per heavy atom. The maximum absolute atomic E-state index is 12.6. The summed E-state index contributed by atoms with van der Waals surface area (Å²) in [5, 5.41) is 29.6. The largest absolute Gasteiger partial charge is 0.480 e. The number of carboxylic acids is 1. The fourth-order valence-corrected chi connectivity index (χ4v) is 6.69. The van der Waals surface area contributed by atoms with Gasteiger partial charge in [-0.1, -0.05) is 104 Å². The van der Waals surface area contributed by atoms with Crippen molar-refractivity contribution in [2.45, 2.75) is 64.1 Å². The van der Waals surface area contributed by atoms with E-state index < -0.39 is 47.5 Å². The zero-order valence-corrected chi connectivity index (χ0v) is 34.5. The number of thioether (sulfide) groups is 1. The third kappa shape index (κ3) is 17.2. The second kappa shape index (κ2) is 23.4. The predicted octanol–water partition coefficient (Wildman–Crippen LogP) is 9.77. The van der Waals surface area contributed by atoms with Crippen molar-refractivity contribution in [2.75, 3.05) is 24.3 Å². The van der Waals surface area contributed by atoms with Crippen molar-refractivity contribution in [3.63, 3.8) is 0 Å². The van der Waals surface area contributed by atoms with Crippen molar-refractivity contribution in [1.29, 1.82) is 0 Å². The molecule has 0 saturated heterocycles. The summed E-state index contributed by atoms with van der Waals surface area (Å²) in [4.78, 5) is 40.9. The van der Waals surface area contributed by atoms with Crippen LogP contribution in [0.2, 0.25) is 15.2 Å². The lowest BCUT2D eigenvalue weighted by molar-refractivity contribution is -0.383. The Kier molecular flexibility index (Phi) is 20.2. The number of benzene rings is 2. The summed E-state index contributed by atoms with van der Waals surface area (Å²) in [6, 6.07) is 11.2. The van der Waals surface area contributed by atoms with Gasteiger partial charge in [-0.3, -0.25) is 19.5 Å². The molecule has 0 aliphatic carbocycles. The first-order chi connectivity index (χ1) is 26.7. The highest BCUT2D eigenvalue weighted by Gasteiger charge is 2.33. The first-order valence-corrected chi connectivity index (χ1v) is 21.3. The third-order valence-corrected chi connectivity index (χ3v) is 10.1. The average Bonchev–Trinajstić information content (AvgIpc) is 3.50. The first-order valence-electron chi connectivity index (χ1n) is 16.9. The van der Waals surface area contributed by atoms with E-state index in [4.69, 9.17) is 61.0 Å². The molecule has 2 atom stereocenters. The number of nitrogen functional groups attached to an aromatic ring is 1. The maximum Gasteiger partial charge on any atom is 0.416 e. The topological polar surface area (TPSA) is 240 Å². The van der Waals surface area contributed by atoms with Gasteiger partial charge in [0, 0.05) is 30.2 Å². The first kappa shape index (κ1) is 49.2. The predicted molar refractivity (Wildman–Crippen MR) is 215 cm³/mol. The molecular weight excluding hydrogens is 861 g/mol. The molecule has 4 rings (SSSR count). The molecule has 6 N–H and O–H groups in total. The molecule has 2 unspecified atom stereocenters. The summed E-state index contributed by atoms with van der Waals surface area (Å²) >= 11 is 18.6. The molecule has 57 heavy (non-hydrogen) atoms. The number of nitrogens with two attached hydrogens (primary N) is 2. The van der Waals surface area contributed by atoms with Crippen LogP contribution < -0.4 is 16.2 Å². The quantitative estimate of drug-likeness (QED) is 0.0286. The summed E-state index contributed by atoms with van der Waals surface area (Å²) in [6.07, 6.45) is 3.41. The van der Waals surface area contributed by atoms with Crippen LogP contribution in [0.4, 0.5) is 29.5 Å². The lowest BCUT2D eigenvalue weighted by atomic mass is 10.1. The zero-order chi connectivity index (χ0) is 42.9. The van der Waals surface area contributed by atoms with Crippen molar-refractivity contribution in [3.8, 4) is 22.7 Å². The van der Waals surface area contributed by atoms with Crippen LogP contribution in [0.15, 0.2) is 54.7 Å². The number of carbonyl (C=O) groups excluding carboxylic acids is 1. The molecule has 0 radical (unpaired) electrons. The number of nitrogens with zero attached hydrogens (tertiary/aromatic N) is 5. The molecule has 0 fully saturated rings. The van der Waals surface area contributed by atoms with E-state index in [1.807, 2.05) is 30.3 Å². The number of unbranched alkanes of at least 4 members (excludes halogenated alkanes) is 5. The molecule has 0 bridgehead atoms. The molecule has 2 heterocycles. The number of aromatic nitrogens is 4. The zero-order valence-electron chi connectivity index (χ0n) is 30.5. The number of hydrogen-bond acceptors (Lipinski definition) is 12. The number of carboxylic acid groups (broad SMARTS) is 1. The highest BCUT2D eigenvalue weighted by atomic mass is 35.5. The van der Waals surface area contributed by atoms with Gasteiger partial charge in [-0.05, 0) is 36.7 Å². The Morgan fingerprint density at radius 3 is 2.18 bits per heavy atom. The minimum atomic E-state index is -4.63. The van der Waals surface area contributed by atoms with Crippen LogP contribution >= 0.6 is 53.9 Å². The molecule has 4 aromatic rings. The van der Waals surface area contributed by atoms with Crippen molar-refractivity contribution in [1.82, 2.24) is 20.0 Å². The van der Waals surface area contributed by atoms with E-state index in [9.17, 15) is 37.4 Å². The van der Waals surface area contributed by atoms with Crippen molar-refractivity contribution in [2.24, 2.45) is 5.73 Å². The molecule has 0 amide bonds. The van der Waals surface area contributed by atoms with Gasteiger partial charge in [0.2, 0.25) is 5.82 Å². The number of carbonyl (C=O) groups is 2. The van der Waals surface area contributed by atoms with Crippen LogP contribution in [-0.2, 0) is 15.5 Å². The van der Waals surface area contributed by atoms with E-state index in [1.54, 1.807) is 0 Å². The minimum Gasteiger partial charge on any atom is -0.480 e. The Balaban J connectivity index is 0.000000317. The molecule has 2 aromatic heterocycles. The van der Waals surface area contributed by atoms with Crippen LogP contribution in [0.25, 0.3) is 16.9 Å². The highest BCUT2D eigenvalue weighted by molar-refractivity contribution is 8.13. The second-order valence-corrected chi connectivity index (χ2v) is 16.9. The van der Waals surface area contributed by atoms with Gasteiger partial charge in [0.15, 0.2) is 18.3 Å². The Morgan fingerprint density at radius 2 is 1.65 bits per heavy atom. The van der Waals surface area contributed by atoms with Crippen molar-refractivity contribution in [3.05, 3.63) is 85.6 Å².